The van der Waals surface area contributed by atoms with E-state index in [9.17, 15) is 9.59 Å². The fourth-order valence-electron chi connectivity index (χ4n) is 2.01. The number of carboxylic acid groups (broad SMARTS) is 1. The van der Waals surface area contributed by atoms with Gasteiger partial charge in [-0.05, 0) is 13.3 Å². The lowest BCUT2D eigenvalue weighted by Crippen LogP contribution is -2.28. The maximum Gasteiger partial charge on any atom is 0.407 e. The molecule has 0 bridgehead atoms. The van der Waals surface area contributed by atoms with Crippen LogP contribution in [-0.4, -0.2) is 40.1 Å². The first kappa shape index (κ1) is 11.6. The molecule has 92 valence electrons. The van der Waals surface area contributed by atoms with Gasteiger partial charge in [0.1, 0.15) is 11.5 Å². The Hall–Kier alpha value is -1.85. The maximum atomic E-state index is 11.9. The minimum atomic E-state index is -0.962. The molecule has 1 aromatic heterocycles. The van der Waals surface area contributed by atoms with Crippen molar-refractivity contribution in [3.05, 3.63) is 17.5 Å². The highest BCUT2D eigenvalue weighted by Crippen LogP contribution is 2.19. The molecular weight excluding hydrogens is 224 g/mol. The number of carbonyl (C=O) groups excluding carboxylic acids is 1. The van der Waals surface area contributed by atoms with Gasteiger partial charge in [0, 0.05) is 25.1 Å². The van der Waals surface area contributed by atoms with Crippen molar-refractivity contribution in [3.63, 3.8) is 0 Å². The summed E-state index contributed by atoms with van der Waals surface area (Å²) in [5.41, 5.74) is 0.742. The van der Waals surface area contributed by atoms with Crippen LogP contribution in [0.3, 0.4) is 0 Å². The van der Waals surface area contributed by atoms with Gasteiger partial charge in [0.25, 0.3) is 0 Å². The van der Waals surface area contributed by atoms with E-state index in [1.807, 2.05) is 0 Å². The summed E-state index contributed by atoms with van der Waals surface area (Å²) in [5.74, 6) is 0.350. The molecule has 6 heteroatoms. The maximum absolute atomic E-state index is 11.9. The van der Waals surface area contributed by atoms with Crippen LogP contribution in [0, 0.1) is 12.8 Å². The van der Waals surface area contributed by atoms with Gasteiger partial charge in [-0.3, -0.25) is 4.79 Å². The summed E-state index contributed by atoms with van der Waals surface area (Å²) in [6, 6.07) is 1.72. The summed E-state index contributed by atoms with van der Waals surface area (Å²) < 4.78 is 4.97. The van der Waals surface area contributed by atoms with Gasteiger partial charge in [0.05, 0.1) is 12.1 Å². The summed E-state index contributed by atoms with van der Waals surface area (Å²) >= 11 is 0. The van der Waals surface area contributed by atoms with Crippen molar-refractivity contribution >= 4 is 11.9 Å². The van der Waals surface area contributed by atoms with Gasteiger partial charge in [0.2, 0.25) is 0 Å². The molecule has 1 aromatic rings. The first-order valence-electron chi connectivity index (χ1n) is 5.49. The van der Waals surface area contributed by atoms with Gasteiger partial charge < -0.3 is 14.5 Å². The molecule has 1 unspecified atom stereocenters. The molecule has 0 aromatic carbocycles. The van der Waals surface area contributed by atoms with Crippen molar-refractivity contribution in [3.8, 4) is 0 Å². The smallest absolute Gasteiger partial charge is 0.407 e. The number of hydrogen-bond donors (Lipinski definition) is 1. The van der Waals surface area contributed by atoms with Crippen LogP contribution in [-0.2, 0) is 11.2 Å². The van der Waals surface area contributed by atoms with Crippen LogP contribution >= 0.6 is 0 Å². The van der Waals surface area contributed by atoms with Gasteiger partial charge in [-0.2, -0.15) is 0 Å². The molecule has 1 fully saturated rings. The fraction of sp³-hybridized carbons (Fsp3) is 0.545. The number of ketones is 1. The zero-order valence-electron chi connectivity index (χ0n) is 9.55. The van der Waals surface area contributed by atoms with Crippen LogP contribution in [0.2, 0.25) is 0 Å². The van der Waals surface area contributed by atoms with Gasteiger partial charge in [-0.15, -0.1) is 0 Å². The first-order valence-corrected chi connectivity index (χ1v) is 5.49. The van der Waals surface area contributed by atoms with E-state index in [4.69, 9.17) is 9.63 Å². The van der Waals surface area contributed by atoms with Crippen LogP contribution in [0.4, 0.5) is 4.79 Å². The van der Waals surface area contributed by atoms with Crippen LogP contribution in [0.25, 0.3) is 0 Å². The summed E-state index contributed by atoms with van der Waals surface area (Å²) in [7, 11) is 0. The number of aromatic nitrogens is 1. The summed E-state index contributed by atoms with van der Waals surface area (Å²) in [5, 5.41) is 12.5. The van der Waals surface area contributed by atoms with Gasteiger partial charge in [-0.1, -0.05) is 5.16 Å². The Morgan fingerprint density at radius 2 is 2.41 bits per heavy atom. The summed E-state index contributed by atoms with van der Waals surface area (Å²) in [4.78, 5) is 23.9. The SMILES string of the molecule is Cc1cc(CC(=O)C2CCN(C(=O)O)C2)on1. The molecule has 6 nitrogen and oxygen atoms in total. The number of nitrogens with zero attached hydrogens (tertiary/aromatic N) is 2. The van der Waals surface area contributed by atoms with Gasteiger partial charge in [0.15, 0.2) is 0 Å². The zero-order valence-corrected chi connectivity index (χ0v) is 9.55. The fourth-order valence-corrected chi connectivity index (χ4v) is 2.01. The monoisotopic (exact) mass is 238 g/mol. The molecule has 1 aliphatic heterocycles. The van der Waals surface area contributed by atoms with Crippen LogP contribution in [0.5, 0.6) is 0 Å². The minimum Gasteiger partial charge on any atom is -0.465 e. The second-order valence-electron chi connectivity index (χ2n) is 4.29. The van der Waals surface area contributed by atoms with E-state index in [-0.39, 0.29) is 18.1 Å². The van der Waals surface area contributed by atoms with Gasteiger partial charge in [-0.25, -0.2) is 4.79 Å². The third-order valence-corrected chi connectivity index (χ3v) is 2.94. The van der Waals surface area contributed by atoms with Crippen molar-refractivity contribution in [2.45, 2.75) is 19.8 Å². The Balaban J connectivity index is 1.91. The number of rotatable bonds is 3. The molecule has 2 rings (SSSR count). The van der Waals surface area contributed by atoms with Crippen LogP contribution < -0.4 is 0 Å². The molecule has 0 saturated carbocycles. The third-order valence-electron chi connectivity index (χ3n) is 2.94. The molecule has 1 saturated heterocycles. The zero-order chi connectivity index (χ0) is 12.4. The highest BCUT2D eigenvalue weighted by Gasteiger charge is 2.31. The molecule has 0 spiro atoms. The van der Waals surface area contributed by atoms with E-state index in [0.29, 0.717) is 25.3 Å². The molecule has 1 N–H and O–H groups in total. The van der Waals surface area contributed by atoms with Crippen molar-refractivity contribution in [2.24, 2.45) is 5.92 Å². The predicted molar refractivity (Wildman–Crippen MR) is 57.7 cm³/mol. The molecule has 1 aliphatic rings. The Morgan fingerprint density at radius 1 is 1.65 bits per heavy atom. The van der Waals surface area contributed by atoms with E-state index < -0.39 is 6.09 Å². The van der Waals surface area contributed by atoms with E-state index in [0.717, 1.165) is 5.69 Å². The second kappa shape index (κ2) is 4.57. The summed E-state index contributed by atoms with van der Waals surface area (Å²) in [6.07, 6.45) is -0.173. The number of hydrogen-bond acceptors (Lipinski definition) is 4. The number of carbonyl (C=O) groups is 2. The van der Waals surface area contributed by atoms with Crippen LogP contribution in [0.1, 0.15) is 17.9 Å². The topological polar surface area (TPSA) is 83.6 Å². The molecule has 0 aliphatic carbocycles. The molecular formula is C11H14N2O4. The van der Waals surface area contributed by atoms with Crippen molar-refractivity contribution in [1.82, 2.24) is 10.1 Å². The second-order valence-corrected chi connectivity index (χ2v) is 4.29. The standard InChI is InChI=1S/C11H14N2O4/c1-7-4-9(17-12-7)5-10(14)8-2-3-13(6-8)11(15)16/h4,8H,2-3,5-6H2,1H3,(H,15,16). The van der Waals surface area contributed by atoms with Gasteiger partial charge >= 0.3 is 6.09 Å². The molecule has 1 atom stereocenters. The van der Waals surface area contributed by atoms with Crippen molar-refractivity contribution < 1.29 is 19.2 Å². The Bertz CT molecular complexity index is 440. The molecule has 0 radical (unpaired) electrons. The van der Waals surface area contributed by atoms with Crippen LogP contribution in [0.15, 0.2) is 10.6 Å². The molecule has 2 heterocycles. The predicted octanol–water partition coefficient (Wildman–Crippen LogP) is 1.09. The largest absolute Gasteiger partial charge is 0.465 e. The quantitative estimate of drug-likeness (QED) is 0.852. The van der Waals surface area contributed by atoms with E-state index in [1.165, 1.54) is 4.90 Å². The normalized spacial score (nSPS) is 19.6. The molecule has 1 amide bonds. The average molecular weight is 238 g/mol. The number of amides is 1. The number of Topliss-reactive ketones (excluding diaryl/α,β-unsaturated/α-hetero) is 1. The number of likely N-dealkylation sites (tertiary alicyclic amines) is 1. The Labute approximate surface area is 98.2 Å². The first-order chi connectivity index (χ1) is 8.06. The highest BCUT2D eigenvalue weighted by atomic mass is 16.5. The average Bonchev–Trinajstić information content (AvgIpc) is 2.86. The van der Waals surface area contributed by atoms with E-state index in [1.54, 1.807) is 13.0 Å². The lowest BCUT2D eigenvalue weighted by molar-refractivity contribution is -0.122. The lowest BCUT2D eigenvalue weighted by Gasteiger charge is -2.10. The Kier molecular flexibility index (Phi) is 3.12. The van der Waals surface area contributed by atoms with E-state index in [2.05, 4.69) is 5.16 Å². The number of aryl methyl sites for hydroxylation is 1. The highest BCUT2D eigenvalue weighted by molar-refractivity contribution is 5.84. The lowest BCUT2D eigenvalue weighted by atomic mass is 10.00. The summed E-state index contributed by atoms with van der Waals surface area (Å²) in [6.45, 7) is 2.52. The third kappa shape index (κ3) is 2.64. The minimum absolute atomic E-state index is 0.0184. The van der Waals surface area contributed by atoms with Crippen molar-refractivity contribution in [2.75, 3.05) is 13.1 Å². The van der Waals surface area contributed by atoms with E-state index >= 15 is 0 Å². The molecule has 17 heavy (non-hydrogen) atoms. The van der Waals surface area contributed by atoms with Crippen molar-refractivity contribution in [1.29, 1.82) is 0 Å². The Morgan fingerprint density at radius 3 is 2.94 bits per heavy atom.